The summed E-state index contributed by atoms with van der Waals surface area (Å²) in [6.07, 6.45) is 2.03. The first-order valence-electron chi connectivity index (χ1n) is 8.43. The minimum Gasteiger partial charge on any atom is -0.461 e. The maximum atomic E-state index is 10.2. The Kier molecular flexibility index (Phi) is 4.55. The van der Waals surface area contributed by atoms with Gasteiger partial charge in [0.1, 0.15) is 11.3 Å². The number of likely N-dealkylation sites (tertiary alicyclic amines) is 1. The first kappa shape index (κ1) is 15.6. The number of para-hydroxylation sites is 1. The standard InChI is InChI=1S/C19H27NO2/c1-13(2)18(21)15-7-9-20(10-8-15)12-17-6-4-5-16-11-14(3)22-19(16)17/h4-6,11,13,15,18,21H,7-10,12H2,1-3H3. The molecule has 0 aliphatic carbocycles. The van der Waals surface area contributed by atoms with Gasteiger partial charge in [0.2, 0.25) is 0 Å². The average Bonchev–Trinajstić information content (AvgIpc) is 2.88. The maximum absolute atomic E-state index is 10.2. The molecule has 0 saturated carbocycles. The third-order valence-corrected chi connectivity index (χ3v) is 4.94. The summed E-state index contributed by atoms with van der Waals surface area (Å²) in [4.78, 5) is 2.48. The van der Waals surface area contributed by atoms with E-state index in [0.29, 0.717) is 11.8 Å². The number of rotatable bonds is 4. The predicted molar refractivity (Wildman–Crippen MR) is 89.8 cm³/mol. The van der Waals surface area contributed by atoms with Gasteiger partial charge in [0.15, 0.2) is 0 Å². The molecule has 1 aliphatic rings. The highest BCUT2D eigenvalue weighted by Crippen LogP contribution is 2.28. The molecule has 0 spiro atoms. The number of hydrogen-bond acceptors (Lipinski definition) is 3. The van der Waals surface area contributed by atoms with Gasteiger partial charge in [-0.15, -0.1) is 0 Å². The van der Waals surface area contributed by atoms with Crippen LogP contribution in [0.1, 0.15) is 38.0 Å². The monoisotopic (exact) mass is 301 g/mol. The van der Waals surface area contributed by atoms with Gasteiger partial charge in [0, 0.05) is 17.5 Å². The molecule has 22 heavy (non-hydrogen) atoms. The van der Waals surface area contributed by atoms with Crippen LogP contribution in [0.25, 0.3) is 11.0 Å². The zero-order valence-corrected chi connectivity index (χ0v) is 13.9. The van der Waals surface area contributed by atoms with Gasteiger partial charge in [0.05, 0.1) is 6.10 Å². The fourth-order valence-corrected chi connectivity index (χ4v) is 3.61. The van der Waals surface area contributed by atoms with E-state index in [9.17, 15) is 5.11 Å². The van der Waals surface area contributed by atoms with E-state index in [1.54, 1.807) is 0 Å². The minimum absolute atomic E-state index is 0.154. The normalized spacial score (nSPS) is 19.1. The van der Waals surface area contributed by atoms with Crippen LogP contribution in [0.15, 0.2) is 28.7 Å². The molecule has 0 radical (unpaired) electrons. The lowest BCUT2D eigenvalue weighted by atomic mass is 9.85. The summed E-state index contributed by atoms with van der Waals surface area (Å²) in [7, 11) is 0. The van der Waals surface area contributed by atoms with Crippen LogP contribution in [0.2, 0.25) is 0 Å². The fourth-order valence-electron chi connectivity index (χ4n) is 3.61. The number of nitrogens with zero attached hydrogens (tertiary/aromatic N) is 1. The van der Waals surface area contributed by atoms with Crippen molar-refractivity contribution in [1.82, 2.24) is 4.90 Å². The number of hydrogen-bond donors (Lipinski definition) is 1. The van der Waals surface area contributed by atoms with E-state index in [-0.39, 0.29) is 6.10 Å². The van der Waals surface area contributed by atoms with Gasteiger partial charge < -0.3 is 9.52 Å². The Morgan fingerprint density at radius 3 is 2.68 bits per heavy atom. The second-order valence-electron chi connectivity index (χ2n) is 7.04. The van der Waals surface area contributed by atoms with E-state index in [2.05, 4.69) is 43.0 Å². The lowest BCUT2D eigenvalue weighted by Gasteiger charge is -2.35. The molecule has 2 heterocycles. The van der Waals surface area contributed by atoms with E-state index >= 15 is 0 Å². The number of aliphatic hydroxyl groups excluding tert-OH is 1. The minimum atomic E-state index is -0.154. The highest BCUT2D eigenvalue weighted by molar-refractivity contribution is 5.81. The van der Waals surface area contributed by atoms with Crippen molar-refractivity contribution in [1.29, 1.82) is 0 Å². The van der Waals surface area contributed by atoms with Crippen LogP contribution in [0.5, 0.6) is 0 Å². The summed E-state index contributed by atoms with van der Waals surface area (Å²) in [6.45, 7) is 9.28. The summed E-state index contributed by atoms with van der Waals surface area (Å²) in [6, 6.07) is 8.49. The molecule has 1 aliphatic heterocycles. The van der Waals surface area contributed by atoms with Crippen LogP contribution in [0.3, 0.4) is 0 Å². The van der Waals surface area contributed by atoms with Gasteiger partial charge in [-0.3, -0.25) is 4.90 Å². The van der Waals surface area contributed by atoms with Crippen LogP contribution in [0.4, 0.5) is 0 Å². The molecule has 1 unspecified atom stereocenters. The molecule has 2 aromatic rings. The lowest BCUT2D eigenvalue weighted by Crippen LogP contribution is -2.39. The van der Waals surface area contributed by atoms with Crippen LogP contribution in [0, 0.1) is 18.8 Å². The molecule has 1 fully saturated rings. The summed E-state index contributed by atoms with van der Waals surface area (Å²) >= 11 is 0. The Labute approximate surface area is 132 Å². The van der Waals surface area contributed by atoms with Crippen molar-refractivity contribution < 1.29 is 9.52 Å². The van der Waals surface area contributed by atoms with E-state index in [1.165, 1.54) is 10.9 Å². The summed E-state index contributed by atoms with van der Waals surface area (Å²) in [5, 5.41) is 11.4. The molecule has 0 amide bonds. The van der Waals surface area contributed by atoms with Crippen LogP contribution in [-0.4, -0.2) is 29.2 Å². The van der Waals surface area contributed by atoms with Crippen LogP contribution in [-0.2, 0) is 6.54 Å². The Bertz CT molecular complexity index is 623. The number of benzene rings is 1. The molecule has 1 saturated heterocycles. The maximum Gasteiger partial charge on any atom is 0.138 e. The third-order valence-electron chi connectivity index (χ3n) is 4.94. The molecular weight excluding hydrogens is 274 g/mol. The summed E-state index contributed by atoms with van der Waals surface area (Å²) in [5.41, 5.74) is 2.30. The highest BCUT2D eigenvalue weighted by atomic mass is 16.3. The van der Waals surface area contributed by atoms with Gasteiger partial charge in [-0.25, -0.2) is 0 Å². The van der Waals surface area contributed by atoms with E-state index in [4.69, 9.17) is 4.42 Å². The first-order chi connectivity index (χ1) is 10.5. The van der Waals surface area contributed by atoms with E-state index in [1.807, 2.05) is 6.92 Å². The van der Waals surface area contributed by atoms with Crippen molar-refractivity contribution in [3.63, 3.8) is 0 Å². The highest BCUT2D eigenvalue weighted by Gasteiger charge is 2.27. The summed E-state index contributed by atoms with van der Waals surface area (Å²) in [5.74, 6) is 1.79. The lowest BCUT2D eigenvalue weighted by molar-refractivity contribution is 0.0270. The van der Waals surface area contributed by atoms with Crippen LogP contribution >= 0.6 is 0 Å². The van der Waals surface area contributed by atoms with E-state index < -0.39 is 0 Å². The van der Waals surface area contributed by atoms with Crippen molar-refractivity contribution in [2.45, 2.75) is 46.3 Å². The molecule has 1 aromatic carbocycles. The van der Waals surface area contributed by atoms with Crippen molar-refractivity contribution in [3.05, 3.63) is 35.6 Å². The number of piperidine rings is 1. The zero-order valence-electron chi connectivity index (χ0n) is 13.9. The fraction of sp³-hybridized carbons (Fsp3) is 0.579. The third kappa shape index (κ3) is 3.21. The van der Waals surface area contributed by atoms with Gasteiger partial charge in [-0.05, 0) is 50.8 Å². The van der Waals surface area contributed by atoms with Crippen molar-refractivity contribution >= 4 is 11.0 Å². The molecular formula is C19H27NO2. The molecule has 1 N–H and O–H groups in total. The molecule has 3 rings (SSSR count). The van der Waals surface area contributed by atoms with Gasteiger partial charge in [0.25, 0.3) is 0 Å². The van der Waals surface area contributed by atoms with Gasteiger partial charge in [-0.1, -0.05) is 32.0 Å². The van der Waals surface area contributed by atoms with Crippen molar-refractivity contribution in [2.24, 2.45) is 11.8 Å². The Hall–Kier alpha value is -1.32. The molecule has 3 nitrogen and oxygen atoms in total. The number of furan rings is 1. The SMILES string of the molecule is Cc1cc2cccc(CN3CCC(C(O)C(C)C)CC3)c2o1. The second kappa shape index (κ2) is 6.43. The van der Waals surface area contributed by atoms with E-state index in [0.717, 1.165) is 43.8 Å². The quantitative estimate of drug-likeness (QED) is 0.928. The molecule has 1 aromatic heterocycles. The average molecular weight is 301 g/mol. The van der Waals surface area contributed by atoms with Crippen LogP contribution < -0.4 is 0 Å². The number of fused-ring (bicyclic) bond motifs is 1. The largest absolute Gasteiger partial charge is 0.461 e. The van der Waals surface area contributed by atoms with Gasteiger partial charge >= 0.3 is 0 Å². The molecule has 0 bridgehead atoms. The Balaban J connectivity index is 1.65. The van der Waals surface area contributed by atoms with Gasteiger partial charge in [-0.2, -0.15) is 0 Å². The molecule has 1 atom stereocenters. The summed E-state index contributed by atoms with van der Waals surface area (Å²) < 4.78 is 5.86. The Morgan fingerprint density at radius 2 is 2.00 bits per heavy atom. The molecule has 120 valence electrons. The zero-order chi connectivity index (χ0) is 15.7. The number of aryl methyl sites for hydroxylation is 1. The topological polar surface area (TPSA) is 36.6 Å². The smallest absolute Gasteiger partial charge is 0.138 e. The number of aliphatic hydroxyl groups is 1. The second-order valence-corrected chi connectivity index (χ2v) is 7.04. The van der Waals surface area contributed by atoms with Crippen molar-refractivity contribution in [2.75, 3.05) is 13.1 Å². The molecule has 3 heteroatoms. The van der Waals surface area contributed by atoms with Crippen molar-refractivity contribution in [3.8, 4) is 0 Å². The first-order valence-corrected chi connectivity index (χ1v) is 8.43. The Morgan fingerprint density at radius 1 is 1.27 bits per heavy atom. The predicted octanol–water partition coefficient (Wildman–Crippen LogP) is 3.97.